The van der Waals surface area contributed by atoms with E-state index in [-0.39, 0.29) is 22.5 Å². The number of phenols is 1. The van der Waals surface area contributed by atoms with Gasteiger partial charge < -0.3 is 15.1 Å². The topological polar surface area (TPSA) is 77.8 Å². The number of ketones is 1. The lowest BCUT2D eigenvalue weighted by atomic mass is 9.95. The Kier molecular flexibility index (Phi) is 9.34. The molecule has 1 aromatic rings. The zero-order valence-electron chi connectivity index (χ0n) is 16.8. The second kappa shape index (κ2) is 11.2. The number of unbranched alkanes of at least 4 members (excludes halogenated alkanes) is 2. The Balaban J connectivity index is 3.18. The van der Waals surface area contributed by atoms with Crippen LogP contribution in [0, 0.1) is 0 Å². The van der Waals surface area contributed by atoms with Gasteiger partial charge in [-0.3, -0.25) is 4.79 Å². The maximum absolute atomic E-state index is 12.8. The quantitative estimate of drug-likeness (QED) is 0.326. The molecule has 0 amide bonds. The molecule has 0 heterocycles. The number of hydrogen-bond donors (Lipinski definition) is 2. The van der Waals surface area contributed by atoms with Gasteiger partial charge >= 0.3 is 5.97 Å². The third-order valence-electron chi connectivity index (χ3n) is 4.50. The first-order chi connectivity index (χ1) is 12.9. The molecule has 0 radical (unpaired) electrons. The van der Waals surface area contributed by atoms with Crippen molar-refractivity contribution in [1.82, 2.24) is 0 Å². The van der Waals surface area contributed by atoms with Gasteiger partial charge in [0.25, 0.3) is 0 Å². The van der Waals surface area contributed by atoms with Crippen molar-refractivity contribution in [3.05, 3.63) is 47.1 Å². The number of carboxylic acid groups (broad SMARTS) is 1. The van der Waals surface area contributed by atoms with Gasteiger partial charge in [0.05, 0.1) is 11.1 Å². The van der Waals surface area contributed by atoms with Crippen LogP contribution in [0.15, 0.2) is 41.5 Å². The molecule has 0 spiro atoms. The Morgan fingerprint density at radius 2 is 1.56 bits per heavy atom. The molecule has 0 saturated carbocycles. The third kappa shape index (κ3) is 5.98. The predicted octanol–water partition coefficient (Wildman–Crippen LogP) is 4.96. The van der Waals surface area contributed by atoms with E-state index in [1.165, 1.54) is 12.2 Å². The Morgan fingerprint density at radius 3 is 1.96 bits per heavy atom. The monoisotopic (exact) mass is 373 g/mol. The average molecular weight is 373 g/mol. The number of aliphatic carboxylic acids is 1. The number of carbonyl (C=O) groups excluding carboxylic acids is 1. The van der Waals surface area contributed by atoms with E-state index in [1.54, 1.807) is 26.0 Å². The van der Waals surface area contributed by atoms with Crippen LogP contribution in [0.5, 0.6) is 5.75 Å². The molecule has 0 aliphatic heterocycles. The van der Waals surface area contributed by atoms with Crippen molar-refractivity contribution in [1.29, 1.82) is 0 Å². The van der Waals surface area contributed by atoms with Crippen molar-refractivity contribution in [3.63, 3.8) is 0 Å². The van der Waals surface area contributed by atoms with Crippen LogP contribution >= 0.6 is 0 Å². The molecule has 0 unspecified atom stereocenters. The molecule has 2 N–H and O–H groups in total. The molecule has 0 aliphatic rings. The number of allylic oxidation sites excluding steroid dienone is 2. The van der Waals surface area contributed by atoms with Crippen LogP contribution in [0.1, 0.15) is 63.7 Å². The Hall–Kier alpha value is -2.56. The lowest BCUT2D eigenvalue weighted by Gasteiger charge is -2.25. The van der Waals surface area contributed by atoms with Gasteiger partial charge in [-0.15, -0.1) is 0 Å². The fourth-order valence-corrected chi connectivity index (χ4v) is 2.92. The van der Waals surface area contributed by atoms with Crippen LogP contribution in [0.4, 0.5) is 5.69 Å². The van der Waals surface area contributed by atoms with E-state index in [2.05, 4.69) is 18.7 Å². The second-order valence-corrected chi connectivity index (χ2v) is 6.43. The van der Waals surface area contributed by atoms with Gasteiger partial charge in [-0.1, -0.05) is 38.8 Å². The molecule has 5 nitrogen and oxygen atoms in total. The molecular formula is C22H31NO4. The normalized spacial score (nSPS) is 12.1. The van der Waals surface area contributed by atoms with E-state index in [4.69, 9.17) is 0 Å². The minimum atomic E-state index is -1.17. The molecular weight excluding hydrogens is 342 g/mol. The van der Waals surface area contributed by atoms with Crippen molar-refractivity contribution in [2.45, 2.75) is 53.4 Å². The minimum Gasteiger partial charge on any atom is -0.507 e. The molecule has 1 rings (SSSR count). The van der Waals surface area contributed by atoms with E-state index in [0.717, 1.165) is 44.5 Å². The summed E-state index contributed by atoms with van der Waals surface area (Å²) in [7, 11) is 0. The predicted molar refractivity (Wildman–Crippen MR) is 110 cm³/mol. The molecule has 148 valence electrons. The zero-order chi connectivity index (χ0) is 20.4. The van der Waals surface area contributed by atoms with Crippen LogP contribution in [0.25, 0.3) is 0 Å². The number of nitrogens with zero attached hydrogens (tertiary/aromatic N) is 1. The third-order valence-corrected chi connectivity index (χ3v) is 4.50. The van der Waals surface area contributed by atoms with Gasteiger partial charge in [0.1, 0.15) is 5.75 Å². The highest BCUT2D eigenvalue weighted by atomic mass is 16.4. The second-order valence-electron chi connectivity index (χ2n) is 6.43. The SMILES string of the molecule is C/C=C(C(=O)O)\C(=C/C)C(=O)c1ccc(N(CCCC)CCCC)cc1O. The Bertz CT molecular complexity index is 711. The van der Waals surface area contributed by atoms with Gasteiger partial charge in [-0.25, -0.2) is 4.79 Å². The average Bonchev–Trinajstić information content (AvgIpc) is 2.65. The summed E-state index contributed by atoms with van der Waals surface area (Å²) in [5.74, 6) is -1.79. The first-order valence-electron chi connectivity index (χ1n) is 9.60. The van der Waals surface area contributed by atoms with Gasteiger partial charge in [0.15, 0.2) is 5.78 Å². The fraction of sp³-hybridized carbons (Fsp3) is 0.455. The van der Waals surface area contributed by atoms with Crippen molar-refractivity contribution >= 4 is 17.4 Å². The molecule has 0 bridgehead atoms. The number of hydrogen-bond acceptors (Lipinski definition) is 4. The molecule has 1 aromatic carbocycles. The lowest BCUT2D eigenvalue weighted by Crippen LogP contribution is -2.25. The van der Waals surface area contributed by atoms with E-state index in [9.17, 15) is 19.8 Å². The van der Waals surface area contributed by atoms with E-state index < -0.39 is 11.8 Å². The number of carbonyl (C=O) groups is 2. The summed E-state index contributed by atoms with van der Waals surface area (Å²) < 4.78 is 0. The molecule has 0 atom stereocenters. The molecule has 0 saturated heterocycles. The van der Waals surface area contributed by atoms with Crippen LogP contribution in [-0.4, -0.2) is 35.1 Å². The van der Waals surface area contributed by atoms with Crippen LogP contribution in [0.2, 0.25) is 0 Å². The summed E-state index contributed by atoms with van der Waals surface area (Å²) in [5.41, 5.74) is 0.983. The van der Waals surface area contributed by atoms with Gasteiger partial charge in [0, 0.05) is 30.4 Å². The lowest BCUT2D eigenvalue weighted by molar-refractivity contribution is -0.132. The van der Waals surface area contributed by atoms with Gasteiger partial charge in [-0.05, 0) is 38.8 Å². The van der Waals surface area contributed by atoms with Crippen molar-refractivity contribution in [2.24, 2.45) is 0 Å². The van der Waals surface area contributed by atoms with Gasteiger partial charge in [-0.2, -0.15) is 0 Å². The fourth-order valence-electron chi connectivity index (χ4n) is 2.92. The summed E-state index contributed by atoms with van der Waals surface area (Å²) in [4.78, 5) is 26.4. The van der Waals surface area contributed by atoms with Gasteiger partial charge in [0.2, 0.25) is 0 Å². The number of rotatable bonds is 11. The number of anilines is 1. The summed E-state index contributed by atoms with van der Waals surface area (Å²) >= 11 is 0. The molecule has 27 heavy (non-hydrogen) atoms. The Morgan fingerprint density at radius 1 is 1.00 bits per heavy atom. The molecule has 0 aliphatic carbocycles. The summed E-state index contributed by atoms with van der Waals surface area (Å²) in [5, 5.41) is 19.7. The molecule has 5 heteroatoms. The van der Waals surface area contributed by atoms with Crippen molar-refractivity contribution < 1.29 is 19.8 Å². The standard InChI is InChI=1S/C22H31NO4/c1-5-9-13-23(14-10-6-2)16-11-12-19(20(24)15-16)21(25)17(7-3)18(8-4)22(26)27/h7-8,11-12,15,24H,5-6,9-10,13-14H2,1-4H3,(H,26,27)/b17-7+,18-8+. The smallest absolute Gasteiger partial charge is 0.336 e. The zero-order valence-corrected chi connectivity index (χ0v) is 16.8. The maximum Gasteiger partial charge on any atom is 0.336 e. The molecule has 0 aromatic heterocycles. The number of benzene rings is 1. The van der Waals surface area contributed by atoms with E-state index >= 15 is 0 Å². The number of Topliss-reactive ketones (excluding diaryl/α,β-unsaturated/α-hetero) is 1. The largest absolute Gasteiger partial charge is 0.507 e. The van der Waals surface area contributed by atoms with Crippen LogP contribution in [0.3, 0.4) is 0 Å². The number of carboxylic acids is 1. The Labute approximate surface area is 162 Å². The van der Waals surface area contributed by atoms with Crippen LogP contribution in [-0.2, 0) is 4.79 Å². The molecule has 0 fully saturated rings. The summed E-state index contributed by atoms with van der Waals surface area (Å²) in [6.45, 7) is 9.25. The summed E-state index contributed by atoms with van der Waals surface area (Å²) in [6.07, 6.45) is 7.12. The number of aromatic hydroxyl groups is 1. The van der Waals surface area contributed by atoms with Crippen LogP contribution < -0.4 is 4.90 Å². The van der Waals surface area contributed by atoms with Crippen molar-refractivity contribution in [2.75, 3.05) is 18.0 Å². The van der Waals surface area contributed by atoms with E-state index in [0.29, 0.717) is 0 Å². The van der Waals surface area contributed by atoms with Crippen molar-refractivity contribution in [3.8, 4) is 5.75 Å². The highest BCUT2D eigenvalue weighted by Gasteiger charge is 2.23. The first-order valence-corrected chi connectivity index (χ1v) is 9.60. The summed E-state index contributed by atoms with van der Waals surface area (Å²) in [6, 6.07) is 5.00. The maximum atomic E-state index is 12.8. The minimum absolute atomic E-state index is 0.0708. The highest BCUT2D eigenvalue weighted by molar-refractivity contribution is 6.18. The number of phenolic OH excluding ortho intramolecular Hbond substituents is 1. The first kappa shape index (κ1) is 22.5. The highest BCUT2D eigenvalue weighted by Crippen LogP contribution is 2.29. The van der Waals surface area contributed by atoms with E-state index in [1.807, 2.05) is 6.07 Å².